The zero-order valence-corrected chi connectivity index (χ0v) is 19.2. The van der Waals surface area contributed by atoms with Gasteiger partial charge in [-0.1, -0.05) is 12.1 Å². The number of guanidine groups is 1. The van der Waals surface area contributed by atoms with Gasteiger partial charge in [-0.05, 0) is 50.3 Å². The second-order valence-electron chi connectivity index (χ2n) is 8.77. The minimum Gasteiger partial charge on any atom is -0.361 e. The molecule has 2 aromatic rings. The summed E-state index contributed by atoms with van der Waals surface area (Å²) in [5, 5.41) is 4.88. The van der Waals surface area contributed by atoms with Gasteiger partial charge in [0.1, 0.15) is 0 Å². The fourth-order valence-corrected chi connectivity index (χ4v) is 4.97. The molecule has 0 radical (unpaired) electrons. The monoisotopic (exact) mass is 424 g/mol. The van der Waals surface area contributed by atoms with E-state index < -0.39 is 0 Å². The molecule has 2 aliphatic heterocycles. The lowest BCUT2D eigenvalue weighted by Gasteiger charge is -2.39. The maximum absolute atomic E-state index is 12.7. The van der Waals surface area contributed by atoms with Gasteiger partial charge < -0.3 is 20.1 Å². The molecule has 3 heterocycles. The third-order valence-corrected chi connectivity index (χ3v) is 6.82. The number of aryl methyl sites for hydroxylation is 1. The second kappa shape index (κ2) is 9.73. The van der Waals surface area contributed by atoms with Crippen molar-refractivity contribution in [1.82, 2.24) is 25.0 Å². The van der Waals surface area contributed by atoms with Crippen LogP contribution in [0.5, 0.6) is 0 Å². The Labute approximate surface area is 185 Å². The maximum Gasteiger partial charge on any atom is 0.239 e. The molecule has 2 N–H and O–H groups in total. The van der Waals surface area contributed by atoms with Crippen molar-refractivity contribution in [2.24, 2.45) is 4.99 Å². The van der Waals surface area contributed by atoms with E-state index in [4.69, 9.17) is 0 Å². The van der Waals surface area contributed by atoms with Gasteiger partial charge in [0.05, 0.1) is 6.04 Å². The molecule has 1 amide bonds. The number of piperazine rings is 1. The summed E-state index contributed by atoms with van der Waals surface area (Å²) in [5.74, 6) is 1.25. The van der Waals surface area contributed by atoms with Gasteiger partial charge >= 0.3 is 0 Å². The predicted molar refractivity (Wildman–Crippen MR) is 127 cm³/mol. The normalized spacial score (nSPS) is 19.3. The fourth-order valence-electron chi connectivity index (χ4n) is 4.97. The molecule has 0 aliphatic carbocycles. The Hall–Kier alpha value is -2.54. The molecule has 1 aromatic carbocycles. The summed E-state index contributed by atoms with van der Waals surface area (Å²) >= 11 is 0. The summed E-state index contributed by atoms with van der Waals surface area (Å²) in [6.45, 7) is 10.5. The van der Waals surface area contributed by atoms with Crippen LogP contribution in [0.25, 0.3) is 10.9 Å². The molecule has 31 heavy (non-hydrogen) atoms. The molecule has 1 unspecified atom stereocenters. The highest BCUT2D eigenvalue weighted by Gasteiger charge is 2.30. The molecule has 1 aromatic heterocycles. The van der Waals surface area contributed by atoms with E-state index in [1.54, 1.807) is 0 Å². The van der Waals surface area contributed by atoms with E-state index in [0.29, 0.717) is 5.91 Å². The first-order chi connectivity index (χ1) is 15.1. The first kappa shape index (κ1) is 21.7. The highest BCUT2D eigenvalue weighted by molar-refractivity contribution is 5.86. The van der Waals surface area contributed by atoms with Crippen LogP contribution in [0.2, 0.25) is 0 Å². The van der Waals surface area contributed by atoms with Crippen LogP contribution in [0.4, 0.5) is 0 Å². The van der Waals surface area contributed by atoms with Crippen molar-refractivity contribution >= 4 is 22.8 Å². The molecule has 0 saturated carbocycles. The molecule has 0 spiro atoms. The van der Waals surface area contributed by atoms with Crippen LogP contribution in [0.1, 0.15) is 30.9 Å². The number of hydrogen-bond donors (Lipinski definition) is 2. The number of carbonyl (C=O) groups is 1. The van der Waals surface area contributed by atoms with E-state index in [2.05, 4.69) is 63.3 Å². The number of benzene rings is 1. The van der Waals surface area contributed by atoms with E-state index in [0.717, 1.165) is 71.0 Å². The molecule has 7 nitrogen and oxygen atoms in total. The molecule has 168 valence electrons. The van der Waals surface area contributed by atoms with Crippen molar-refractivity contribution in [2.45, 2.75) is 39.2 Å². The topological polar surface area (TPSA) is 67.0 Å². The van der Waals surface area contributed by atoms with Crippen LogP contribution >= 0.6 is 0 Å². The molecular weight excluding hydrogens is 388 g/mol. The van der Waals surface area contributed by atoms with Crippen molar-refractivity contribution in [3.05, 3.63) is 35.5 Å². The smallest absolute Gasteiger partial charge is 0.239 e. The van der Waals surface area contributed by atoms with E-state index in [9.17, 15) is 4.79 Å². The van der Waals surface area contributed by atoms with Gasteiger partial charge in [0.25, 0.3) is 0 Å². The van der Waals surface area contributed by atoms with E-state index in [1.807, 2.05) is 11.9 Å². The number of fused-ring (bicyclic) bond motifs is 1. The van der Waals surface area contributed by atoms with Gasteiger partial charge in [-0.15, -0.1) is 0 Å². The number of carbonyl (C=O) groups excluding carboxylic acids is 1. The van der Waals surface area contributed by atoms with Crippen molar-refractivity contribution < 1.29 is 4.79 Å². The van der Waals surface area contributed by atoms with Gasteiger partial charge in [0.15, 0.2) is 5.96 Å². The second-order valence-corrected chi connectivity index (χ2v) is 8.77. The van der Waals surface area contributed by atoms with E-state index in [-0.39, 0.29) is 6.04 Å². The van der Waals surface area contributed by atoms with E-state index >= 15 is 0 Å². The van der Waals surface area contributed by atoms with Crippen LogP contribution < -0.4 is 5.32 Å². The van der Waals surface area contributed by atoms with Crippen LogP contribution in [-0.2, 0) is 11.2 Å². The highest BCUT2D eigenvalue weighted by atomic mass is 16.2. The standard InChI is InChI=1S/C24H36N6O/c1-18-7-6-8-21-22(18)20(17-27-21)9-10-26-24(25-3)30-15-13-28(14-16-30)19(2)23(31)29-11-4-5-12-29/h6-8,17,19,27H,4-5,9-16H2,1-3H3,(H,25,26). The lowest BCUT2D eigenvalue weighted by atomic mass is 10.1. The minimum absolute atomic E-state index is 0.0275. The Bertz CT molecular complexity index is 921. The number of likely N-dealkylation sites (tertiary alicyclic amines) is 1. The van der Waals surface area contributed by atoms with Crippen molar-refractivity contribution in [3.63, 3.8) is 0 Å². The minimum atomic E-state index is -0.0275. The summed E-state index contributed by atoms with van der Waals surface area (Å²) in [6.07, 6.45) is 5.36. The van der Waals surface area contributed by atoms with Crippen molar-refractivity contribution in [1.29, 1.82) is 0 Å². The molecule has 1 atom stereocenters. The van der Waals surface area contributed by atoms with Crippen LogP contribution in [0.3, 0.4) is 0 Å². The number of nitrogens with zero attached hydrogens (tertiary/aromatic N) is 4. The quantitative estimate of drug-likeness (QED) is 0.571. The SMILES string of the molecule is CN=C(NCCc1c[nH]c2cccc(C)c12)N1CCN(C(C)C(=O)N2CCCC2)CC1. The maximum atomic E-state index is 12.7. The Morgan fingerprint density at radius 3 is 2.58 bits per heavy atom. The average molecular weight is 425 g/mol. The largest absolute Gasteiger partial charge is 0.361 e. The Morgan fingerprint density at radius 2 is 1.87 bits per heavy atom. The third-order valence-electron chi connectivity index (χ3n) is 6.82. The third kappa shape index (κ3) is 4.71. The van der Waals surface area contributed by atoms with Crippen LogP contribution in [-0.4, -0.2) is 90.5 Å². The van der Waals surface area contributed by atoms with Crippen molar-refractivity contribution in [2.75, 3.05) is 52.9 Å². The van der Waals surface area contributed by atoms with Gasteiger partial charge in [-0.25, -0.2) is 0 Å². The number of rotatable bonds is 5. The first-order valence-corrected chi connectivity index (χ1v) is 11.6. The lowest BCUT2D eigenvalue weighted by Crippen LogP contribution is -2.57. The number of aliphatic imine (C=N–C) groups is 1. The van der Waals surface area contributed by atoms with Gasteiger partial charge in [0, 0.05) is 70.0 Å². The number of nitrogens with one attached hydrogen (secondary N) is 2. The Morgan fingerprint density at radius 1 is 1.13 bits per heavy atom. The molecular formula is C24H36N6O. The average Bonchev–Trinajstić information content (AvgIpc) is 3.47. The summed E-state index contributed by atoms with van der Waals surface area (Å²) in [4.78, 5) is 27.3. The zero-order valence-electron chi connectivity index (χ0n) is 19.2. The molecule has 4 rings (SSSR count). The number of hydrogen-bond acceptors (Lipinski definition) is 3. The van der Waals surface area contributed by atoms with Crippen LogP contribution in [0.15, 0.2) is 29.4 Å². The molecule has 2 aliphatic rings. The molecule has 0 bridgehead atoms. The van der Waals surface area contributed by atoms with Gasteiger partial charge in [-0.3, -0.25) is 14.7 Å². The molecule has 7 heteroatoms. The van der Waals surface area contributed by atoms with Crippen LogP contribution in [0, 0.1) is 6.92 Å². The van der Waals surface area contributed by atoms with Gasteiger partial charge in [0.2, 0.25) is 5.91 Å². The number of amides is 1. The summed E-state index contributed by atoms with van der Waals surface area (Å²) in [7, 11) is 1.85. The Kier molecular flexibility index (Phi) is 6.80. The first-order valence-electron chi connectivity index (χ1n) is 11.6. The number of aromatic nitrogens is 1. The molecule has 2 fully saturated rings. The number of H-pyrrole nitrogens is 1. The summed E-state index contributed by atoms with van der Waals surface area (Å²) in [6, 6.07) is 6.37. The highest BCUT2D eigenvalue weighted by Crippen LogP contribution is 2.22. The van der Waals surface area contributed by atoms with E-state index in [1.165, 1.54) is 22.0 Å². The predicted octanol–water partition coefficient (Wildman–Crippen LogP) is 2.22. The Balaban J connectivity index is 1.27. The zero-order chi connectivity index (χ0) is 21.8. The van der Waals surface area contributed by atoms with Gasteiger partial charge in [-0.2, -0.15) is 0 Å². The number of aromatic amines is 1. The van der Waals surface area contributed by atoms with Crippen molar-refractivity contribution in [3.8, 4) is 0 Å². The summed E-state index contributed by atoms with van der Waals surface area (Å²) in [5.41, 5.74) is 3.86. The fraction of sp³-hybridized carbons (Fsp3) is 0.583. The lowest BCUT2D eigenvalue weighted by molar-refractivity contribution is -0.135. The summed E-state index contributed by atoms with van der Waals surface area (Å²) < 4.78 is 0. The molecule has 2 saturated heterocycles.